The van der Waals surface area contributed by atoms with Crippen LogP contribution in [-0.4, -0.2) is 6.54 Å². The van der Waals surface area contributed by atoms with E-state index in [1.807, 2.05) is 13.8 Å². The van der Waals surface area contributed by atoms with E-state index in [-0.39, 0.29) is 0 Å². The fourth-order valence-electron chi connectivity index (χ4n) is 1.53. The lowest BCUT2D eigenvalue weighted by Crippen LogP contribution is -2.23. The smallest absolute Gasteiger partial charge is 0.105 e. The van der Waals surface area contributed by atoms with Crippen LogP contribution in [0.3, 0.4) is 0 Å². The molecule has 0 saturated heterocycles. The zero-order valence-electron chi connectivity index (χ0n) is 10.6. The van der Waals surface area contributed by atoms with E-state index in [2.05, 4.69) is 32.2 Å². The molecule has 15 heavy (non-hydrogen) atoms. The molecule has 0 bridgehead atoms. The third-order valence-corrected chi connectivity index (χ3v) is 3.06. The molecule has 0 fully saturated rings. The molecular weight excluding hydrogens is 186 g/mol. The largest absolute Gasteiger partial charge is 0.466 e. The van der Waals surface area contributed by atoms with Crippen molar-refractivity contribution in [1.29, 1.82) is 0 Å². The standard InChI is InChI=1S/C13H23NO/c1-9(2)10(3)7-14-8-13-6-11(4)15-12(13)5/h6,9-10,14H,7-8H2,1-5H3. The van der Waals surface area contributed by atoms with Crippen LogP contribution in [0.4, 0.5) is 0 Å². The van der Waals surface area contributed by atoms with Crippen molar-refractivity contribution in [3.05, 3.63) is 23.2 Å². The average molecular weight is 209 g/mol. The third-order valence-electron chi connectivity index (χ3n) is 3.06. The highest BCUT2D eigenvalue weighted by Crippen LogP contribution is 2.14. The predicted molar refractivity (Wildman–Crippen MR) is 63.9 cm³/mol. The summed E-state index contributed by atoms with van der Waals surface area (Å²) in [6.45, 7) is 12.8. The number of hydrogen-bond acceptors (Lipinski definition) is 2. The van der Waals surface area contributed by atoms with E-state index >= 15 is 0 Å². The minimum Gasteiger partial charge on any atom is -0.466 e. The van der Waals surface area contributed by atoms with Crippen LogP contribution in [0.25, 0.3) is 0 Å². The Kier molecular flexibility index (Phi) is 4.40. The van der Waals surface area contributed by atoms with Gasteiger partial charge in [0.05, 0.1) is 0 Å². The van der Waals surface area contributed by atoms with Crippen molar-refractivity contribution in [2.75, 3.05) is 6.54 Å². The second-order valence-corrected chi connectivity index (χ2v) is 4.79. The summed E-state index contributed by atoms with van der Waals surface area (Å²) in [5.74, 6) is 3.50. The second-order valence-electron chi connectivity index (χ2n) is 4.79. The van der Waals surface area contributed by atoms with Crippen LogP contribution >= 0.6 is 0 Å². The number of hydrogen-bond donors (Lipinski definition) is 1. The summed E-state index contributed by atoms with van der Waals surface area (Å²) < 4.78 is 5.48. The Balaban J connectivity index is 2.35. The van der Waals surface area contributed by atoms with Gasteiger partial charge in [-0.1, -0.05) is 20.8 Å². The van der Waals surface area contributed by atoms with Crippen molar-refractivity contribution in [2.45, 2.75) is 41.2 Å². The fourth-order valence-corrected chi connectivity index (χ4v) is 1.53. The lowest BCUT2D eigenvalue weighted by Gasteiger charge is -2.15. The molecule has 0 saturated carbocycles. The number of nitrogens with one attached hydrogen (secondary N) is 1. The summed E-state index contributed by atoms with van der Waals surface area (Å²) >= 11 is 0. The van der Waals surface area contributed by atoms with E-state index < -0.39 is 0 Å². The van der Waals surface area contributed by atoms with Crippen molar-refractivity contribution < 1.29 is 4.42 Å². The first kappa shape index (κ1) is 12.3. The van der Waals surface area contributed by atoms with Gasteiger partial charge < -0.3 is 9.73 Å². The summed E-state index contributed by atoms with van der Waals surface area (Å²) in [5.41, 5.74) is 1.28. The number of rotatable bonds is 5. The van der Waals surface area contributed by atoms with Crippen LogP contribution in [0.15, 0.2) is 10.5 Å². The van der Waals surface area contributed by atoms with Crippen LogP contribution in [0.5, 0.6) is 0 Å². The van der Waals surface area contributed by atoms with Gasteiger partial charge in [-0.3, -0.25) is 0 Å². The molecule has 0 aliphatic carbocycles. The minimum atomic E-state index is 0.721. The maximum absolute atomic E-state index is 5.48. The number of aryl methyl sites for hydroxylation is 2. The first-order chi connectivity index (χ1) is 7.00. The van der Waals surface area contributed by atoms with Gasteiger partial charge >= 0.3 is 0 Å². The first-order valence-electron chi connectivity index (χ1n) is 5.77. The fraction of sp³-hybridized carbons (Fsp3) is 0.692. The van der Waals surface area contributed by atoms with Crippen LogP contribution in [0, 0.1) is 25.7 Å². The van der Waals surface area contributed by atoms with Crippen LogP contribution < -0.4 is 5.32 Å². The Labute approximate surface area is 93.1 Å². The van der Waals surface area contributed by atoms with Gasteiger partial charge in [-0.25, -0.2) is 0 Å². The van der Waals surface area contributed by atoms with Gasteiger partial charge in [0.1, 0.15) is 11.5 Å². The van der Waals surface area contributed by atoms with Gasteiger partial charge in [0.2, 0.25) is 0 Å². The zero-order valence-corrected chi connectivity index (χ0v) is 10.6. The maximum atomic E-state index is 5.48. The number of furan rings is 1. The van der Waals surface area contributed by atoms with Gasteiger partial charge in [0.25, 0.3) is 0 Å². The van der Waals surface area contributed by atoms with Crippen LogP contribution in [0.2, 0.25) is 0 Å². The van der Waals surface area contributed by atoms with Gasteiger partial charge in [0, 0.05) is 12.1 Å². The third kappa shape index (κ3) is 3.71. The summed E-state index contributed by atoms with van der Waals surface area (Å²) in [4.78, 5) is 0. The van der Waals surface area contributed by atoms with Gasteiger partial charge in [0.15, 0.2) is 0 Å². The molecule has 1 atom stereocenters. The second kappa shape index (κ2) is 5.36. The quantitative estimate of drug-likeness (QED) is 0.805. The molecule has 1 rings (SSSR count). The molecule has 1 unspecified atom stereocenters. The SMILES string of the molecule is Cc1cc(CNCC(C)C(C)C)c(C)o1. The normalized spacial score (nSPS) is 13.5. The van der Waals surface area contributed by atoms with Crippen molar-refractivity contribution in [1.82, 2.24) is 5.32 Å². The highest BCUT2D eigenvalue weighted by molar-refractivity contribution is 5.19. The molecule has 0 aliphatic heterocycles. The highest BCUT2D eigenvalue weighted by Gasteiger charge is 2.08. The van der Waals surface area contributed by atoms with E-state index in [4.69, 9.17) is 4.42 Å². The predicted octanol–water partition coefficient (Wildman–Crippen LogP) is 3.28. The molecule has 1 aromatic rings. The topological polar surface area (TPSA) is 25.2 Å². The highest BCUT2D eigenvalue weighted by atomic mass is 16.3. The molecule has 0 amide bonds. The zero-order chi connectivity index (χ0) is 11.4. The minimum absolute atomic E-state index is 0.721. The van der Waals surface area contributed by atoms with Crippen molar-refractivity contribution in [3.8, 4) is 0 Å². The van der Waals surface area contributed by atoms with E-state index in [1.165, 1.54) is 5.56 Å². The summed E-state index contributed by atoms with van der Waals surface area (Å²) in [5, 5.41) is 3.48. The van der Waals surface area contributed by atoms with Gasteiger partial charge in [-0.05, 0) is 38.3 Å². The first-order valence-corrected chi connectivity index (χ1v) is 5.77. The molecule has 1 N–H and O–H groups in total. The molecule has 2 nitrogen and oxygen atoms in total. The molecule has 86 valence electrons. The lowest BCUT2D eigenvalue weighted by atomic mass is 9.98. The Morgan fingerprint density at radius 3 is 2.40 bits per heavy atom. The summed E-state index contributed by atoms with van der Waals surface area (Å²) in [6.07, 6.45) is 0. The molecule has 0 spiro atoms. The monoisotopic (exact) mass is 209 g/mol. The van der Waals surface area contributed by atoms with E-state index in [1.54, 1.807) is 0 Å². The molecule has 0 radical (unpaired) electrons. The average Bonchev–Trinajstić information content (AvgIpc) is 2.45. The molecule has 2 heteroatoms. The van der Waals surface area contributed by atoms with E-state index in [0.717, 1.165) is 36.4 Å². The molecule has 1 heterocycles. The van der Waals surface area contributed by atoms with Gasteiger partial charge in [-0.15, -0.1) is 0 Å². The van der Waals surface area contributed by atoms with Crippen molar-refractivity contribution >= 4 is 0 Å². The molecular formula is C13H23NO. The summed E-state index contributed by atoms with van der Waals surface area (Å²) in [7, 11) is 0. The van der Waals surface area contributed by atoms with Crippen molar-refractivity contribution in [2.24, 2.45) is 11.8 Å². The van der Waals surface area contributed by atoms with E-state index in [0.29, 0.717) is 0 Å². The van der Waals surface area contributed by atoms with Crippen molar-refractivity contribution in [3.63, 3.8) is 0 Å². The molecule has 0 aliphatic rings. The lowest BCUT2D eigenvalue weighted by molar-refractivity contribution is 0.391. The Hall–Kier alpha value is -0.760. The van der Waals surface area contributed by atoms with Crippen LogP contribution in [0.1, 0.15) is 37.9 Å². The Morgan fingerprint density at radius 2 is 1.93 bits per heavy atom. The van der Waals surface area contributed by atoms with E-state index in [9.17, 15) is 0 Å². The van der Waals surface area contributed by atoms with Gasteiger partial charge in [-0.2, -0.15) is 0 Å². The van der Waals surface area contributed by atoms with Crippen LogP contribution in [-0.2, 0) is 6.54 Å². The molecule has 0 aromatic carbocycles. The Morgan fingerprint density at radius 1 is 1.27 bits per heavy atom. The summed E-state index contributed by atoms with van der Waals surface area (Å²) in [6, 6.07) is 2.11. The maximum Gasteiger partial charge on any atom is 0.105 e. The molecule has 1 aromatic heterocycles. The Bertz CT molecular complexity index is 301.